The summed E-state index contributed by atoms with van der Waals surface area (Å²) >= 11 is 0. The third-order valence-corrected chi connectivity index (χ3v) is 3.70. The summed E-state index contributed by atoms with van der Waals surface area (Å²) in [5.41, 5.74) is 2.62. The van der Waals surface area contributed by atoms with Crippen molar-refractivity contribution in [2.24, 2.45) is 0 Å². The fraction of sp³-hybridized carbons (Fsp3) is 0.750. The Morgan fingerprint density at radius 1 is 1.10 bits per heavy atom. The molecule has 1 aliphatic rings. The van der Waals surface area contributed by atoms with Crippen LogP contribution in [-0.2, 0) is 24.0 Å². The lowest BCUT2D eigenvalue weighted by molar-refractivity contribution is 0.149. The summed E-state index contributed by atoms with van der Waals surface area (Å²) in [7, 11) is 0. The maximum absolute atomic E-state index is 5.43. The molecule has 0 saturated carbocycles. The maximum Gasteiger partial charge on any atom is 0.133 e. The highest BCUT2D eigenvalue weighted by Gasteiger charge is 2.16. The maximum atomic E-state index is 5.43. The molecule has 1 heterocycles. The van der Waals surface area contributed by atoms with Crippen LogP contribution in [0.15, 0.2) is 0 Å². The van der Waals surface area contributed by atoms with Crippen LogP contribution in [0.3, 0.4) is 0 Å². The predicted octanol–water partition coefficient (Wildman–Crippen LogP) is 3.15. The van der Waals surface area contributed by atoms with Gasteiger partial charge in [0.1, 0.15) is 11.6 Å². The number of nitrogens with zero attached hydrogens (tertiary/aromatic N) is 2. The summed E-state index contributed by atoms with van der Waals surface area (Å²) < 4.78 is 5.43. The first-order valence-electron chi connectivity index (χ1n) is 8.05. The predicted molar refractivity (Wildman–Crippen MR) is 82.3 cm³/mol. The molecule has 1 aromatic heterocycles. The molecule has 0 radical (unpaired) electrons. The standard InChI is InChI=1S/C16H27N3O/c1-3-11-17-16-13-8-6-5-7-9-14(13)18-15(19-16)10-12-20-4-2/h3-12H2,1-2H3,(H,17,18,19). The molecule has 4 heteroatoms. The lowest BCUT2D eigenvalue weighted by Gasteiger charge is -2.14. The minimum absolute atomic E-state index is 0.711. The van der Waals surface area contributed by atoms with Crippen LogP contribution in [0.25, 0.3) is 0 Å². The highest BCUT2D eigenvalue weighted by molar-refractivity contribution is 5.47. The van der Waals surface area contributed by atoms with Gasteiger partial charge in [0, 0.05) is 30.8 Å². The molecule has 0 aliphatic heterocycles. The zero-order valence-electron chi connectivity index (χ0n) is 12.9. The minimum Gasteiger partial charge on any atom is -0.381 e. The van der Waals surface area contributed by atoms with Crippen LogP contribution in [0.4, 0.5) is 5.82 Å². The van der Waals surface area contributed by atoms with E-state index in [0.29, 0.717) is 6.61 Å². The Bertz CT molecular complexity index is 420. The monoisotopic (exact) mass is 277 g/mol. The Balaban J connectivity index is 2.19. The first-order chi connectivity index (χ1) is 9.85. The molecule has 1 aliphatic carbocycles. The zero-order chi connectivity index (χ0) is 14.2. The molecule has 4 nitrogen and oxygen atoms in total. The van der Waals surface area contributed by atoms with Gasteiger partial charge in [-0.1, -0.05) is 13.3 Å². The van der Waals surface area contributed by atoms with E-state index in [-0.39, 0.29) is 0 Å². The first kappa shape index (κ1) is 15.2. The van der Waals surface area contributed by atoms with Gasteiger partial charge in [0.05, 0.1) is 6.61 Å². The number of aromatic nitrogens is 2. The van der Waals surface area contributed by atoms with E-state index in [0.717, 1.165) is 50.5 Å². The van der Waals surface area contributed by atoms with Gasteiger partial charge >= 0.3 is 0 Å². The molecule has 0 amide bonds. The fourth-order valence-electron chi connectivity index (χ4n) is 2.63. The number of rotatable bonds is 7. The van der Waals surface area contributed by atoms with Crippen molar-refractivity contribution in [3.05, 3.63) is 17.1 Å². The second-order valence-corrected chi connectivity index (χ2v) is 5.35. The summed E-state index contributed by atoms with van der Waals surface area (Å²) in [6.07, 6.45) is 7.96. The second kappa shape index (κ2) is 8.20. The van der Waals surface area contributed by atoms with E-state index in [1.807, 2.05) is 6.92 Å². The van der Waals surface area contributed by atoms with Crippen molar-refractivity contribution in [3.8, 4) is 0 Å². The molecule has 1 aromatic rings. The van der Waals surface area contributed by atoms with Gasteiger partial charge in [0.2, 0.25) is 0 Å². The molecule has 0 fully saturated rings. The van der Waals surface area contributed by atoms with Crippen LogP contribution in [0, 0.1) is 0 Å². The van der Waals surface area contributed by atoms with E-state index in [1.165, 1.54) is 30.5 Å². The summed E-state index contributed by atoms with van der Waals surface area (Å²) in [5.74, 6) is 2.00. The second-order valence-electron chi connectivity index (χ2n) is 5.35. The Labute approximate surface area is 122 Å². The third-order valence-electron chi connectivity index (χ3n) is 3.70. The van der Waals surface area contributed by atoms with Crippen molar-refractivity contribution in [1.29, 1.82) is 0 Å². The van der Waals surface area contributed by atoms with Crippen LogP contribution >= 0.6 is 0 Å². The molecule has 0 bridgehead atoms. The SMILES string of the molecule is CCCNc1nc(CCOCC)nc2c1CCCCC2. The highest BCUT2D eigenvalue weighted by Crippen LogP contribution is 2.25. The molecule has 0 aromatic carbocycles. The number of anilines is 1. The molecule has 112 valence electrons. The summed E-state index contributed by atoms with van der Waals surface area (Å²) in [6.45, 7) is 6.65. The smallest absolute Gasteiger partial charge is 0.133 e. The van der Waals surface area contributed by atoms with E-state index < -0.39 is 0 Å². The molecule has 2 rings (SSSR count). The molecule has 0 spiro atoms. The number of hydrogen-bond acceptors (Lipinski definition) is 4. The third kappa shape index (κ3) is 4.17. The van der Waals surface area contributed by atoms with Crippen molar-refractivity contribution in [2.75, 3.05) is 25.1 Å². The van der Waals surface area contributed by atoms with E-state index in [2.05, 4.69) is 12.2 Å². The van der Waals surface area contributed by atoms with E-state index in [9.17, 15) is 0 Å². The van der Waals surface area contributed by atoms with Crippen molar-refractivity contribution in [1.82, 2.24) is 9.97 Å². The Hall–Kier alpha value is -1.16. The molecule has 0 atom stereocenters. The van der Waals surface area contributed by atoms with Crippen LogP contribution < -0.4 is 5.32 Å². The van der Waals surface area contributed by atoms with Crippen molar-refractivity contribution in [2.45, 2.75) is 58.8 Å². The largest absolute Gasteiger partial charge is 0.381 e. The lowest BCUT2D eigenvalue weighted by Crippen LogP contribution is -2.13. The number of ether oxygens (including phenoxy) is 1. The Kier molecular flexibility index (Phi) is 6.25. The van der Waals surface area contributed by atoms with Crippen LogP contribution in [0.2, 0.25) is 0 Å². The molecular weight excluding hydrogens is 250 g/mol. The molecular formula is C16H27N3O. The van der Waals surface area contributed by atoms with Gasteiger partial charge < -0.3 is 10.1 Å². The average molecular weight is 277 g/mol. The van der Waals surface area contributed by atoms with Gasteiger partial charge in [0.25, 0.3) is 0 Å². The Morgan fingerprint density at radius 3 is 2.75 bits per heavy atom. The average Bonchev–Trinajstić information content (AvgIpc) is 2.70. The van der Waals surface area contributed by atoms with Crippen LogP contribution in [0.5, 0.6) is 0 Å². The summed E-state index contributed by atoms with van der Waals surface area (Å²) in [6, 6.07) is 0. The topological polar surface area (TPSA) is 47.0 Å². The molecule has 20 heavy (non-hydrogen) atoms. The normalized spacial score (nSPS) is 14.7. The van der Waals surface area contributed by atoms with Crippen LogP contribution in [0.1, 0.15) is 56.6 Å². The van der Waals surface area contributed by atoms with Gasteiger partial charge in [-0.2, -0.15) is 0 Å². The van der Waals surface area contributed by atoms with Gasteiger partial charge in [0.15, 0.2) is 0 Å². The number of nitrogens with one attached hydrogen (secondary N) is 1. The molecule has 1 N–H and O–H groups in total. The van der Waals surface area contributed by atoms with Gasteiger partial charge in [-0.15, -0.1) is 0 Å². The number of fused-ring (bicyclic) bond motifs is 1. The summed E-state index contributed by atoms with van der Waals surface area (Å²) in [4.78, 5) is 9.52. The summed E-state index contributed by atoms with van der Waals surface area (Å²) in [5, 5.41) is 3.49. The zero-order valence-corrected chi connectivity index (χ0v) is 12.9. The van der Waals surface area contributed by atoms with E-state index in [1.54, 1.807) is 0 Å². The molecule has 0 unspecified atom stereocenters. The van der Waals surface area contributed by atoms with E-state index in [4.69, 9.17) is 14.7 Å². The van der Waals surface area contributed by atoms with Crippen molar-refractivity contribution >= 4 is 5.82 Å². The van der Waals surface area contributed by atoms with Gasteiger partial charge in [-0.3, -0.25) is 0 Å². The number of hydrogen-bond donors (Lipinski definition) is 1. The molecule has 0 saturated heterocycles. The Morgan fingerprint density at radius 2 is 1.95 bits per heavy atom. The minimum atomic E-state index is 0.711. The van der Waals surface area contributed by atoms with Gasteiger partial charge in [-0.25, -0.2) is 9.97 Å². The van der Waals surface area contributed by atoms with Crippen molar-refractivity contribution < 1.29 is 4.74 Å². The first-order valence-corrected chi connectivity index (χ1v) is 8.05. The van der Waals surface area contributed by atoms with Gasteiger partial charge in [-0.05, 0) is 39.0 Å². The fourth-order valence-corrected chi connectivity index (χ4v) is 2.63. The van der Waals surface area contributed by atoms with E-state index >= 15 is 0 Å². The van der Waals surface area contributed by atoms with Crippen molar-refractivity contribution in [3.63, 3.8) is 0 Å². The van der Waals surface area contributed by atoms with Crippen LogP contribution in [-0.4, -0.2) is 29.7 Å². The highest BCUT2D eigenvalue weighted by atomic mass is 16.5. The lowest BCUT2D eigenvalue weighted by atomic mass is 10.1. The quantitative estimate of drug-likeness (QED) is 0.614. The number of aryl methyl sites for hydroxylation is 1.